The van der Waals surface area contributed by atoms with Gasteiger partial charge in [0.25, 0.3) is 5.69 Å². The van der Waals surface area contributed by atoms with Crippen molar-refractivity contribution in [3.63, 3.8) is 0 Å². The van der Waals surface area contributed by atoms with Crippen molar-refractivity contribution in [3.8, 4) is 5.75 Å². The molecule has 3 aromatic carbocycles. The fraction of sp³-hybridized carbons (Fsp3) is 0.0500. The van der Waals surface area contributed by atoms with Crippen molar-refractivity contribution in [2.75, 3.05) is 12.4 Å². The number of nitrogens with two attached hydrogens (primary N) is 1. The van der Waals surface area contributed by atoms with E-state index in [2.05, 4.69) is 10.3 Å². The number of fused-ring (bicyclic) bond motifs is 2. The molecule has 0 saturated carbocycles. The number of sulfonamides is 1. The van der Waals surface area contributed by atoms with Gasteiger partial charge < -0.3 is 10.1 Å². The zero-order valence-corrected chi connectivity index (χ0v) is 16.5. The summed E-state index contributed by atoms with van der Waals surface area (Å²) in [5.74, 6) is 0.623. The maximum atomic E-state index is 11.5. The highest BCUT2D eigenvalue weighted by Gasteiger charge is 2.15. The molecule has 0 bridgehead atoms. The van der Waals surface area contributed by atoms with Crippen molar-refractivity contribution in [1.82, 2.24) is 4.98 Å². The summed E-state index contributed by atoms with van der Waals surface area (Å²) in [7, 11) is -2.25. The first-order valence-corrected chi connectivity index (χ1v) is 10.3. The van der Waals surface area contributed by atoms with Crippen LogP contribution in [-0.2, 0) is 10.0 Å². The molecule has 0 radical (unpaired) electrons. The summed E-state index contributed by atoms with van der Waals surface area (Å²) in [5, 5.41) is 21.0. The van der Waals surface area contributed by atoms with E-state index in [4.69, 9.17) is 9.88 Å². The van der Waals surface area contributed by atoms with Crippen molar-refractivity contribution in [1.29, 1.82) is 0 Å². The average Bonchev–Trinajstić information content (AvgIpc) is 2.72. The lowest BCUT2D eigenvalue weighted by atomic mass is 10.1. The van der Waals surface area contributed by atoms with Crippen molar-refractivity contribution < 1.29 is 18.1 Å². The normalized spacial score (nSPS) is 11.5. The summed E-state index contributed by atoms with van der Waals surface area (Å²) < 4.78 is 28.3. The van der Waals surface area contributed by atoms with Gasteiger partial charge in [-0.1, -0.05) is 0 Å². The van der Waals surface area contributed by atoms with E-state index in [1.54, 1.807) is 37.4 Å². The summed E-state index contributed by atoms with van der Waals surface area (Å²) >= 11 is 0. The van der Waals surface area contributed by atoms with E-state index in [1.165, 1.54) is 24.3 Å². The fourth-order valence-corrected chi connectivity index (χ4v) is 3.67. The van der Waals surface area contributed by atoms with Gasteiger partial charge in [0, 0.05) is 28.6 Å². The smallest absolute Gasteiger partial charge is 0.271 e. The number of nitrogens with one attached hydrogen (secondary N) is 1. The second-order valence-corrected chi connectivity index (χ2v) is 8.08. The van der Waals surface area contributed by atoms with Crippen LogP contribution in [0.3, 0.4) is 0 Å². The third kappa shape index (κ3) is 3.61. The molecule has 0 aliphatic carbocycles. The predicted octanol–water partition coefficient (Wildman–Crippen LogP) is 3.70. The number of nitro benzene ring substituents is 1. The topological polar surface area (TPSA) is 137 Å². The summed E-state index contributed by atoms with van der Waals surface area (Å²) in [5.41, 5.74) is 2.27. The lowest BCUT2D eigenvalue weighted by molar-refractivity contribution is -0.384. The first-order chi connectivity index (χ1) is 14.3. The molecule has 9 nitrogen and oxygen atoms in total. The van der Waals surface area contributed by atoms with Crippen LogP contribution in [0.1, 0.15) is 0 Å². The molecule has 152 valence electrons. The summed E-state index contributed by atoms with van der Waals surface area (Å²) in [6.07, 6.45) is 0. The van der Waals surface area contributed by atoms with Crippen LogP contribution >= 0.6 is 0 Å². The van der Waals surface area contributed by atoms with Crippen LogP contribution in [0.5, 0.6) is 5.75 Å². The van der Waals surface area contributed by atoms with Crippen molar-refractivity contribution in [3.05, 3.63) is 70.8 Å². The Morgan fingerprint density at radius 1 is 1.00 bits per heavy atom. The van der Waals surface area contributed by atoms with E-state index < -0.39 is 14.9 Å². The van der Waals surface area contributed by atoms with Gasteiger partial charge in [-0.3, -0.25) is 10.1 Å². The molecule has 10 heteroatoms. The monoisotopic (exact) mass is 424 g/mol. The molecule has 0 saturated heterocycles. The number of ether oxygens (including phenoxy) is 1. The number of anilines is 2. The van der Waals surface area contributed by atoms with Crippen molar-refractivity contribution >= 4 is 48.9 Å². The quantitative estimate of drug-likeness (QED) is 0.283. The molecule has 0 atom stereocenters. The second-order valence-electron chi connectivity index (χ2n) is 6.52. The molecule has 0 unspecified atom stereocenters. The zero-order chi connectivity index (χ0) is 21.5. The van der Waals surface area contributed by atoms with Crippen LogP contribution in [0, 0.1) is 10.1 Å². The Kier molecular flexibility index (Phi) is 4.72. The average molecular weight is 424 g/mol. The Morgan fingerprint density at radius 3 is 2.37 bits per heavy atom. The standard InChI is InChI=1S/C20H16N4O5S/c1-29-14-5-9-18-17(11-14)20(16-8-4-13(24(25)26)10-19(16)23-18)22-12-2-6-15(7-3-12)30(21,27)28/h2-11H,1H3,(H,22,23)(H2,21,27,28). The van der Waals surface area contributed by atoms with Gasteiger partial charge in [0.2, 0.25) is 10.0 Å². The number of methoxy groups -OCH3 is 1. The molecule has 0 aliphatic heterocycles. The van der Waals surface area contributed by atoms with Gasteiger partial charge in [0.05, 0.1) is 33.6 Å². The minimum Gasteiger partial charge on any atom is -0.497 e. The number of primary sulfonamides is 1. The Balaban J connectivity index is 1.92. The Hall–Kier alpha value is -3.76. The first kappa shape index (κ1) is 19.6. The molecule has 0 spiro atoms. The van der Waals surface area contributed by atoms with E-state index in [1.807, 2.05) is 6.07 Å². The van der Waals surface area contributed by atoms with Gasteiger partial charge in [0.15, 0.2) is 0 Å². The molecule has 0 aliphatic rings. The number of benzene rings is 3. The van der Waals surface area contributed by atoms with Gasteiger partial charge in [-0.25, -0.2) is 18.5 Å². The number of hydrogen-bond donors (Lipinski definition) is 2. The molecular weight excluding hydrogens is 408 g/mol. The maximum Gasteiger partial charge on any atom is 0.271 e. The van der Waals surface area contributed by atoms with Crippen molar-refractivity contribution in [2.24, 2.45) is 5.14 Å². The molecular formula is C20H16N4O5S. The molecule has 1 aromatic heterocycles. The van der Waals surface area contributed by atoms with Crippen LogP contribution in [0.4, 0.5) is 17.1 Å². The molecule has 4 aromatic rings. The fourth-order valence-electron chi connectivity index (χ4n) is 3.16. The number of pyridine rings is 1. The highest BCUT2D eigenvalue weighted by atomic mass is 32.2. The number of hydrogen-bond acceptors (Lipinski definition) is 7. The Labute approximate surface area is 171 Å². The highest BCUT2D eigenvalue weighted by Crippen LogP contribution is 2.36. The third-order valence-electron chi connectivity index (χ3n) is 4.63. The van der Waals surface area contributed by atoms with Crippen molar-refractivity contribution in [2.45, 2.75) is 4.90 Å². The van der Waals surface area contributed by atoms with Gasteiger partial charge in [-0.15, -0.1) is 0 Å². The van der Waals surface area contributed by atoms with Gasteiger partial charge >= 0.3 is 0 Å². The molecule has 30 heavy (non-hydrogen) atoms. The minimum absolute atomic E-state index is 0.00483. The van der Waals surface area contributed by atoms with Gasteiger partial charge in [0.1, 0.15) is 5.75 Å². The molecule has 0 fully saturated rings. The Morgan fingerprint density at radius 2 is 1.73 bits per heavy atom. The van der Waals surface area contributed by atoms with E-state index in [9.17, 15) is 18.5 Å². The number of aromatic nitrogens is 1. The lowest BCUT2D eigenvalue weighted by Crippen LogP contribution is -2.11. The van der Waals surface area contributed by atoms with Gasteiger partial charge in [-0.05, 0) is 48.5 Å². The summed E-state index contributed by atoms with van der Waals surface area (Å²) in [4.78, 5) is 15.2. The molecule has 4 rings (SSSR count). The number of nitro groups is 1. The summed E-state index contributed by atoms with van der Waals surface area (Å²) in [6.45, 7) is 0. The maximum absolute atomic E-state index is 11.5. The SMILES string of the molecule is COc1ccc2nc3cc([N+](=O)[O-])ccc3c(Nc3ccc(S(N)(=O)=O)cc3)c2c1. The van der Waals surface area contributed by atoms with Crippen LogP contribution in [0.2, 0.25) is 0 Å². The number of nitrogens with zero attached hydrogens (tertiary/aromatic N) is 2. The molecule has 1 heterocycles. The van der Waals surface area contributed by atoms with E-state index in [0.717, 1.165) is 5.39 Å². The number of rotatable bonds is 5. The van der Waals surface area contributed by atoms with Crippen LogP contribution in [0.25, 0.3) is 21.8 Å². The largest absolute Gasteiger partial charge is 0.497 e. The first-order valence-electron chi connectivity index (χ1n) is 8.72. The number of non-ortho nitro benzene ring substituents is 1. The van der Waals surface area contributed by atoms with Gasteiger partial charge in [-0.2, -0.15) is 0 Å². The minimum atomic E-state index is -3.80. The molecule has 3 N–H and O–H groups in total. The molecule has 0 amide bonds. The zero-order valence-electron chi connectivity index (χ0n) is 15.7. The highest BCUT2D eigenvalue weighted by molar-refractivity contribution is 7.89. The van der Waals surface area contributed by atoms with Crippen LogP contribution < -0.4 is 15.2 Å². The third-order valence-corrected chi connectivity index (χ3v) is 5.56. The second kappa shape index (κ2) is 7.25. The summed E-state index contributed by atoms with van der Waals surface area (Å²) in [6, 6.07) is 15.7. The van der Waals surface area contributed by atoms with Crippen LogP contribution in [0.15, 0.2) is 65.6 Å². The Bertz CT molecular complexity index is 1400. The van der Waals surface area contributed by atoms with E-state index in [-0.39, 0.29) is 10.6 Å². The van der Waals surface area contributed by atoms with E-state index >= 15 is 0 Å². The van der Waals surface area contributed by atoms with Crippen LogP contribution in [-0.4, -0.2) is 25.4 Å². The lowest BCUT2D eigenvalue weighted by Gasteiger charge is -2.14. The van der Waals surface area contributed by atoms with E-state index in [0.29, 0.717) is 33.5 Å². The predicted molar refractivity (Wildman–Crippen MR) is 114 cm³/mol.